The van der Waals surface area contributed by atoms with E-state index in [4.69, 9.17) is 0 Å². The van der Waals surface area contributed by atoms with Gasteiger partial charge in [-0.15, -0.1) is 23.1 Å². The Bertz CT molecular complexity index is 1480. The fourth-order valence-electron chi connectivity index (χ4n) is 4.28. The Morgan fingerprint density at radius 3 is 2.57 bits per heavy atom. The highest BCUT2D eigenvalue weighted by atomic mass is 32.2. The van der Waals surface area contributed by atoms with Crippen LogP contribution in [0.5, 0.6) is 0 Å². The van der Waals surface area contributed by atoms with Crippen molar-refractivity contribution < 1.29 is 22.8 Å². The maximum atomic E-state index is 13.5. The number of alkyl halides is 3. The lowest BCUT2D eigenvalue weighted by molar-refractivity contribution is -0.137. The van der Waals surface area contributed by atoms with E-state index < -0.39 is 11.7 Å². The maximum Gasteiger partial charge on any atom is 0.416 e. The van der Waals surface area contributed by atoms with Crippen LogP contribution in [0.3, 0.4) is 0 Å². The molecule has 0 spiro atoms. The highest BCUT2D eigenvalue weighted by Crippen LogP contribution is 2.36. The summed E-state index contributed by atoms with van der Waals surface area (Å²) in [6.07, 6.45) is -4.44. The Balaban J connectivity index is 1.33. The van der Waals surface area contributed by atoms with Crippen LogP contribution in [-0.2, 0) is 13.2 Å². The molecule has 1 atom stereocenters. The number of halogens is 3. The molecule has 0 aliphatic carbocycles. The second-order valence-electron chi connectivity index (χ2n) is 8.51. The molecule has 1 aliphatic heterocycles. The topological polar surface area (TPSA) is 80.1 Å². The Kier molecular flexibility index (Phi) is 6.71. The second kappa shape index (κ2) is 9.82. The number of hydrogen-bond acceptors (Lipinski definition) is 6. The van der Waals surface area contributed by atoms with Crippen molar-refractivity contribution in [2.45, 2.75) is 18.5 Å². The first kappa shape index (κ1) is 25.3. The van der Waals surface area contributed by atoms with E-state index >= 15 is 0 Å². The molecular formula is C25H22F3N5O2S2. The first-order valence-electron chi connectivity index (χ1n) is 11.4. The van der Waals surface area contributed by atoms with Gasteiger partial charge in [-0.25, -0.2) is 4.98 Å². The van der Waals surface area contributed by atoms with Gasteiger partial charge in [0.15, 0.2) is 5.69 Å². The van der Waals surface area contributed by atoms with Crippen LogP contribution in [0, 0.1) is 6.92 Å². The quantitative estimate of drug-likeness (QED) is 0.383. The van der Waals surface area contributed by atoms with Gasteiger partial charge in [0.2, 0.25) is 0 Å². The summed E-state index contributed by atoms with van der Waals surface area (Å²) < 4.78 is 40.6. The molecule has 1 saturated heterocycles. The average molecular weight is 546 g/mol. The summed E-state index contributed by atoms with van der Waals surface area (Å²) >= 11 is 2.81. The molecule has 2 aromatic carbocycles. The number of carbonyl (C=O) groups excluding carboxylic acids is 2. The van der Waals surface area contributed by atoms with Crippen LogP contribution < -0.4 is 5.32 Å². The molecule has 1 N–H and O–H groups in total. The fourth-order valence-corrected chi connectivity index (χ4v) is 6.35. The fraction of sp³-hybridized carbons (Fsp3) is 0.280. The van der Waals surface area contributed by atoms with Gasteiger partial charge in [-0.3, -0.25) is 14.3 Å². The minimum Gasteiger partial charge on any atom is -0.348 e. The molecule has 5 rings (SSSR count). The van der Waals surface area contributed by atoms with Crippen molar-refractivity contribution in [3.05, 3.63) is 70.5 Å². The number of aryl methyl sites for hydroxylation is 2. The minimum absolute atomic E-state index is 0.205. The average Bonchev–Trinajstić information content (AvgIpc) is 3.59. The molecule has 0 radical (unpaired) electrons. The van der Waals surface area contributed by atoms with Gasteiger partial charge in [-0.2, -0.15) is 18.3 Å². The van der Waals surface area contributed by atoms with Crippen LogP contribution in [0.25, 0.3) is 21.3 Å². The zero-order valence-corrected chi connectivity index (χ0v) is 21.5. The third kappa shape index (κ3) is 4.95. The van der Waals surface area contributed by atoms with Gasteiger partial charge in [-0.05, 0) is 30.7 Å². The standard InChI is InChI=1S/C25H22F3N5O2S2/c1-14-30-21(22(37-14)15-7-9-16(10-8-15)25(26,27)28)24(35)33-11-12-36-19(33)13-29-23(34)20-17-5-3-4-6-18(17)32(2)31-20/h3-10,19H,11-13H2,1-2H3,(H,29,34). The summed E-state index contributed by atoms with van der Waals surface area (Å²) in [7, 11) is 1.77. The van der Waals surface area contributed by atoms with Gasteiger partial charge in [-0.1, -0.05) is 30.3 Å². The molecule has 0 bridgehead atoms. The number of thiazole rings is 1. The van der Waals surface area contributed by atoms with Crippen LogP contribution in [-0.4, -0.2) is 55.7 Å². The Morgan fingerprint density at radius 2 is 1.84 bits per heavy atom. The first-order chi connectivity index (χ1) is 17.6. The normalized spacial score (nSPS) is 15.9. The van der Waals surface area contributed by atoms with Crippen LogP contribution in [0.1, 0.15) is 31.5 Å². The SMILES string of the molecule is Cc1nc(C(=O)N2CCSC2CNC(=O)c2nn(C)c3ccccc23)c(-c2ccc(C(F)(F)F)cc2)s1. The summed E-state index contributed by atoms with van der Waals surface area (Å²) in [5, 5.41) is 8.31. The van der Waals surface area contributed by atoms with Gasteiger partial charge < -0.3 is 10.2 Å². The van der Waals surface area contributed by atoms with E-state index in [0.29, 0.717) is 33.4 Å². The van der Waals surface area contributed by atoms with E-state index in [0.717, 1.165) is 23.0 Å². The lowest BCUT2D eigenvalue weighted by Gasteiger charge is -2.23. The minimum atomic E-state index is -4.44. The molecule has 4 aromatic rings. The number of carbonyl (C=O) groups is 2. The van der Waals surface area contributed by atoms with Gasteiger partial charge in [0, 0.05) is 31.3 Å². The van der Waals surface area contributed by atoms with Crippen molar-refractivity contribution in [1.82, 2.24) is 25.0 Å². The molecule has 3 heterocycles. The molecule has 2 amide bonds. The van der Waals surface area contributed by atoms with Crippen molar-refractivity contribution in [3.8, 4) is 10.4 Å². The molecule has 1 aliphatic rings. The monoisotopic (exact) mass is 545 g/mol. The Hall–Kier alpha value is -3.38. The summed E-state index contributed by atoms with van der Waals surface area (Å²) in [5.41, 5.74) is 1.11. The number of nitrogens with zero attached hydrogens (tertiary/aromatic N) is 4. The number of nitrogens with one attached hydrogen (secondary N) is 1. The third-order valence-corrected chi connectivity index (χ3v) is 8.32. The second-order valence-corrected chi connectivity index (χ2v) is 11.0. The zero-order valence-electron chi connectivity index (χ0n) is 19.9. The van der Waals surface area contributed by atoms with Gasteiger partial charge in [0.25, 0.3) is 11.8 Å². The number of amides is 2. The molecule has 7 nitrogen and oxygen atoms in total. The zero-order chi connectivity index (χ0) is 26.3. The molecule has 12 heteroatoms. The van der Waals surface area contributed by atoms with Crippen molar-refractivity contribution in [1.29, 1.82) is 0 Å². The van der Waals surface area contributed by atoms with E-state index in [1.807, 2.05) is 24.3 Å². The molecule has 0 saturated carbocycles. The molecule has 192 valence electrons. The lowest BCUT2D eigenvalue weighted by Crippen LogP contribution is -2.42. The van der Waals surface area contributed by atoms with Crippen molar-refractivity contribution in [3.63, 3.8) is 0 Å². The van der Waals surface area contributed by atoms with E-state index in [9.17, 15) is 22.8 Å². The number of thioether (sulfide) groups is 1. The Labute approximate surface area is 218 Å². The van der Waals surface area contributed by atoms with E-state index in [1.165, 1.54) is 23.5 Å². The number of aromatic nitrogens is 3. The molecular weight excluding hydrogens is 523 g/mol. The van der Waals surface area contributed by atoms with Crippen LogP contribution in [0.4, 0.5) is 13.2 Å². The predicted octanol–water partition coefficient (Wildman–Crippen LogP) is 4.97. The smallest absolute Gasteiger partial charge is 0.348 e. The third-order valence-electron chi connectivity index (χ3n) is 6.07. The van der Waals surface area contributed by atoms with Gasteiger partial charge in [0.05, 0.1) is 26.3 Å². The van der Waals surface area contributed by atoms with Crippen LogP contribution in [0.15, 0.2) is 48.5 Å². The summed E-state index contributed by atoms with van der Waals surface area (Å²) in [4.78, 5) is 33.1. The lowest BCUT2D eigenvalue weighted by atomic mass is 10.1. The molecule has 37 heavy (non-hydrogen) atoms. The predicted molar refractivity (Wildman–Crippen MR) is 138 cm³/mol. The van der Waals surface area contributed by atoms with Gasteiger partial charge >= 0.3 is 6.18 Å². The maximum absolute atomic E-state index is 13.5. The Morgan fingerprint density at radius 1 is 1.11 bits per heavy atom. The highest BCUT2D eigenvalue weighted by molar-refractivity contribution is 8.00. The largest absolute Gasteiger partial charge is 0.416 e. The van der Waals surface area contributed by atoms with Crippen molar-refractivity contribution in [2.75, 3.05) is 18.8 Å². The van der Waals surface area contributed by atoms with E-state index in [2.05, 4.69) is 15.4 Å². The number of fused-ring (bicyclic) bond motifs is 1. The van der Waals surface area contributed by atoms with Crippen LogP contribution in [0.2, 0.25) is 0 Å². The number of hydrogen-bond donors (Lipinski definition) is 1. The molecule has 2 aromatic heterocycles. The summed E-state index contributed by atoms with van der Waals surface area (Å²) in [6.45, 7) is 2.45. The number of para-hydroxylation sites is 1. The van der Waals surface area contributed by atoms with Crippen molar-refractivity contribution >= 4 is 45.8 Å². The van der Waals surface area contributed by atoms with Crippen molar-refractivity contribution in [2.24, 2.45) is 7.05 Å². The number of benzene rings is 2. The highest BCUT2D eigenvalue weighted by Gasteiger charge is 2.34. The van der Waals surface area contributed by atoms with E-state index in [1.54, 1.807) is 35.3 Å². The summed E-state index contributed by atoms with van der Waals surface area (Å²) in [5.74, 6) is 0.0516. The van der Waals surface area contributed by atoms with Crippen LogP contribution >= 0.6 is 23.1 Å². The first-order valence-corrected chi connectivity index (χ1v) is 13.3. The van der Waals surface area contributed by atoms with E-state index in [-0.39, 0.29) is 29.4 Å². The number of rotatable bonds is 5. The summed E-state index contributed by atoms with van der Waals surface area (Å²) in [6, 6.07) is 12.2. The molecule has 1 fully saturated rings. The molecule has 1 unspecified atom stereocenters. The van der Waals surface area contributed by atoms with Gasteiger partial charge in [0.1, 0.15) is 5.69 Å².